The Hall–Kier alpha value is -2.04. The Bertz CT molecular complexity index is 557. The van der Waals surface area contributed by atoms with Gasteiger partial charge in [0.1, 0.15) is 5.75 Å². The first kappa shape index (κ1) is 19.3. The largest absolute Gasteiger partial charge is 0.494 e. The minimum Gasteiger partial charge on any atom is -0.494 e. The normalized spacial score (nSPS) is 16.7. The summed E-state index contributed by atoms with van der Waals surface area (Å²) in [7, 11) is 0. The Morgan fingerprint density at radius 2 is 1.96 bits per heavy atom. The topological polar surface area (TPSA) is 58.6 Å². The number of likely N-dealkylation sites (tertiary alicyclic amines) is 1. The summed E-state index contributed by atoms with van der Waals surface area (Å²) in [5.74, 6) is 1.13. The van der Waals surface area contributed by atoms with Crippen LogP contribution in [0, 0.1) is 0 Å². The van der Waals surface area contributed by atoms with E-state index in [0.717, 1.165) is 44.4 Å². The van der Waals surface area contributed by atoms with Gasteiger partial charge in [0.05, 0.1) is 12.6 Å². The van der Waals surface area contributed by atoms with Crippen LogP contribution in [0.15, 0.2) is 24.3 Å². The zero-order valence-corrected chi connectivity index (χ0v) is 15.4. The first-order valence-corrected chi connectivity index (χ1v) is 9.38. The second-order valence-electron chi connectivity index (χ2n) is 6.54. The van der Waals surface area contributed by atoms with Gasteiger partial charge in [-0.25, -0.2) is 0 Å². The van der Waals surface area contributed by atoms with Crippen molar-refractivity contribution in [1.29, 1.82) is 0 Å². The first-order chi connectivity index (χ1) is 12.1. The van der Waals surface area contributed by atoms with Gasteiger partial charge in [-0.1, -0.05) is 18.6 Å². The molecule has 2 amide bonds. The van der Waals surface area contributed by atoms with E-state index in [1.807, 2.05) is 24.0 Å². The predicted octanol–water partition coefficient (Wildman–Crippen LogP) is 3.45. The Morgan fingerprint density at radius 3 is 2.64 bits per heavy atom. The summed E-state index contributed by atoms with van der Waals surface area (Å²) in [6.07, 6.45) is 5.45. The highest BCUT2D eigenvalue weighted by Crippen LogP contribution is 2.33. The van der Waals surface area contributed by atoms with Crippen molar-refractivity contribution in [3.05, 3.63) is 29.8 Å². The molecule has 1 fully saturated rings. The Balaban J connectivity index is 1.79. The standard InChI is InChI=1S/C20H30N2O3/c1-3-25-18-12-10-17(11-13-18)19-8-7-15-22(19)20(24)9-5-4-6-14-21-16(2)23/h10-13,19H,3-9,14-15H2,1-2H3,(H,21,23). The van der Waals surface area contributed by atoms with Crippen LogP contribution in [0.5, 0.6) is 5.75 Å². The lowest BCUT2D eigenvalue weighted by molar-refractivity contribution is -0.132. The molecule has 0 aliphatic carbocycles. The van der Waals surface area contributed by atoms with Gasteiger partial charge in [0, 0.05) is 26.4 Å². The Kier molecular flexibility index (Phi) is 7.76. The van der Waals surface area contributed by atoms with Crippen molar-refractivity contribution >= 4 is 11.8 Å². The van der Waals surface area contributed by atoms with Crippen molar-refractivity contribution < 1.29 is 14.3 Å². The third-order valence-electron chi connectivity index (χ3n) is 4.59. The van der Waals surface area contributed by atoms with E-state index >= 15 is 0 Å². The van der Waals surface area contributed by atoms with Crippen LogP contribution >= 0.6 is 0 Å². The van der Waals surface area contributed by atoms with E-state index in [2.05, 4.69) is 17.4 Å². The molecule has 0 saturated carbocycles. The molecule has 1 heterocycles. The van der Waals surface area contributed by atoms with Crippen LogP contribution in [-0.4, -0.2) is 36.4 Å². The maximum atomic E-state index is 12.6. The van der Waals surface area contributed by atoms with E-state index < -0.39 is 0 Å². The molecular weight excluding hydrogens is 316 g/mol. The van der Waals surface area contributed by atoms with Gasteiger partial charge < -0.3 is 15.0 Å². The minimum absolute atomic E-state index is 0.00587. The quantitative estimate of drug-likeness (QED) is 0.697. The van der Waals surface area contributed by atoms with Crippen LogP contribution in [0.3, 0.4) is 0 Å². The van der Waals surface area contributed by atoms with E-state index in [-0.39, 0.29) is 17.9 Å². The van der Waals surface area contributed by atoms with Gasteiger partial charge in [-0.2, -0.15) is 0 Å². The molecule has 0 bridgehead atoms. The number of nitrogens with one attached hydrogen (secondary N) is 1. The maximum Gasteiger partial charge on any atom is 0.223 e. The SMILES string of the molecule is CCOc1ccc(C2CCCN2C(=O)CCCCCNC(C)=O)cc1. The number of amides is 2. The summed E-state index contributed by atoms with van der Waals surface area (Å²) < 4.78 is 5.49. The molecule has 25 heavy (non-hydrogen) atoms. The van der Waals surface area contributed by atoms with Crippen LogP contribution in [-0.2, 0) is 9.59 Å². The number of nitrogens with zero attached hydrogens (tertiary/aromatic N) is 1. The third-order valence-corrected chi connectivity index (χ3v) is 4.59. The van der Waals surface area contributed by atoms with E-state index in [1.54, 1.807) is 0 Å². The van der Waals surface area contributed by atoms with E-state index in [9.17, 15) is 9.59 Å². The molecule has 1 atom stereocenters. The second kappa shape index (κ2) is 10.1. The summed E-state index contributed by atoms with van der Waals surface area (Å²) in [6, 6.07) is 8.33. The lowest BCUT2D eigenvalue weighted by atomic mass is 10.0. The molecule has 5 heteroatoms. The van der Waals surface area contributed by atoms with Crippen molar-refractivity contribution in [2.75, 3.05) is 19.7 Å². The molecule has 1 aliphatic rings. The second-order valence-corrected chi connectivity index (χ2v) is 6.54. The molecule has 1 aromatic carbocycles. The number of benzene rings is 1. The maximum absolute atomic E-state index is 12.6. The summed E-state index contributed by atoms with van der Waals surface area (Å²) in [4.78, 5) is 25.4. The van der Waals surface area contributed by atoms with Gasteiger partial charge in [0.2, 0.25) is 11.8 Å². The lowest BCUT2D eigenvalue weighted by Crippen LogP contribution is -2.30. The molecule has 5 nitrogen and oxygen atoms in total. The average Bonchev–Trinajstić information content (AvgIpc) is 3.08. The number of hydrogen-bond donors (Lipinski definition) is 1. The summed E-state index contributed by atoms with van der Waals surface area (Å²) >= 11 is 0. The summed E-state index contributed by atoms with van der Waals surface area (Å²) in [5, 5.41) is 2.79. The third kappa shape index (κ3) is 6.07. The fraction of sp³-hybridized carbons (Fsp3) is 0.600. The van der Waals surface area contributed by atoms with E-state index in [1.165, 1.54) is 12.5 Å². The summed E-state index contributed by atoms with van der Waals surface area (Å²) in [6.45, 7) is 5.71. The van der Waals surface area contributed by atoms with Crippen molar-refractivity contribution in [3.63, 3.8) is 0 Å². The van der Waals surface area contributed by atoms with Gasteiger partial charge in [-0.15, -0.1) is 0 Å². The highest BCUT2D eigenvalue weighted by atomic mass is 16.5. The van der Waals surface area contributed by atoms with Crippen LogP contribution in [0.2, 0.25) is 0 Å². The highest BCUT2D eigenvalue weighted by molar-refractivity contribution is 5.77. The molecule has 1 unspecified atom stereocenters. The smallest absolute Gasteiger partial charge is 0.223 e. The van der Waals surface area contributed by atoms with E-state index in [4.69, 9.17) is 4.74 Å². The van der Waals surface area contributed by atoms with Crippen LogP contribution in [0.25, 0.3) is 0 Å². The molecule has 2 rings (SSSR count). The zero-order valence-electron chi connectivity index (χ0n) is 15.4. The number of carbonyl (C=O) groups is 2. The fourth-order valence-corrected chi connectivity index (χ4v) is 3.35. The van der Waals surface area contributed by atoms with Crippen molar-refractivity contribution in [2.45, 2.75) is 58.4 Å². The number of ether oxygens (including phenoxy) is 1. The van der Waals surface area contributed by atoms with Gasteiger partial charge >= 0.3 is 0 Å². The first-order valence-electron chi connectivity index (χ1n) is 9.38. The molecule has 0 radical (unpaired) electrons. The molecule has 1 saturated heterocycles. The van der Waals surface area contributed by atoms with Crippen molar-refractivity contribution in [3.8, 4) is 5.75 Å². The predicted molar refractivity (Wildman–Crippen MR) is 98.5 cm³/mol. The highest BCUT2D eigenvalue weighted by Gasteiger charge is 2.29. The molecule has 1 N–H and O–H groups in total. The minimum atomic E-state index is 0.00587. The average molecular weight is 346 g/mol. The van der Waals surface area contributed by atoms with Crippen molar-refractivity contribution in [1.82, 2.24) is 10.2 Å². The molecule has 0 aromatic heterocycles. The number of unbranched alkanes of at least 4 members (excludes halogenated alkanes) is 2. The molecule has 1 aliphatic heterocycles. The lowest BCUT2D eigenvalue weighted by Gasteiger charge is -2.25. The van der Waals surface area contributed by atoms with Crippen LogP contribution < -0.4 is 10.1 Å². The van der Waals surface area contributed by atoms with Gasteiger partial charge in [0.25, 0.3) is 0 Å². The van der Waals surface area contributed by atoms with Gasteiger partial charge in [0.15, 0.2) is 0 Å². The monoisotopic (exact) mass is 346 g/mol. The van der Waals surface area contributed by atoms with Gasteiger partial charge in [-0.3, -0.25) is 9.59 Å². The molecular formula is C20H30N2O3. The molecule has 1 aromatic rings. The number of hydrogen-bond acceptors (Lipinski definition) is 3. The van der Waals surface area contributed by atoms with Gasteiger partial charge in [-0.05, 0) is 50.3 Å². The molecule has 138 valence electrons. The summed E-state index contributed by atoms with van der Waals surface area (Å²) in [5.41, 5.74) is 1.19. The van der Waals surface area contributed by atoms with Crippen LogP contribution in [0.4, 0.5) is 0 Å². The van der Waals surface area contributed by atoms with E-state index in [0.29, 0.717) is 19.6 Å². The zero-order chi connectivity index (χ0) is 18.1. The fourth-order valence-electron chi connectivity index (χ4n) is 3.35. The Labute approximate surface area is 150 Å². The Morgan fingerprint density at radius 1 is 1.20 bits per heavy atom. The van der Waals surface area contributed by atoms with Crippen LogP contribution in [0.1, 0.15) is 64.0 Å². The van der Waals surface area contributed by atoms with Crippen molar-refractivity contribution in [2.24, 2.45) is 0 Å². The molecule has 0 spiro atoms. The number of carbonyl (C=O) groups excluding carboxylic acids is 2. The number of rotatable bonds is 9.